The summed E-state index contributed by atoms with van der Waals surface area (Å²) >= 11 is 0. The van der Waals surface area contributed by atoms with Crippen LogP contribution < -0.4 is 15.4 Å². The maximum absolute atomic E-state index is 12.3. The summed E-state index contributed by atoms with van der Waals surface area (Å²) in [7, 11) is 1.79. The van der Waals surface area contributed by atoms with E-state index in [1.807, 2.05) is 18.2 Å². The van der Waals surface area contributed by atoms with Crippen LogP contribution in [0.1, 0.15) is 12.5 Å². The molecule has 0 spiro atoms. The molecule has 0 aliphatic heterocycles. The molecule has 0 heterocycles. The highest BCUT2D eigenvalue weighted by Crippen LogP contribution is 2.19. The molecule has 0 saturated carbocycles. The van der Waals surface area contributed by atoms with Crippen LogP contribution in [0.15, 0.2) is 66.7 Å². The first kappa shape index (κ1) is 21.2. The van der Waals surface area contributed by atoms with Crippen LogP contribution in [0.25, 0.3) is 10.8 Å². The summed E-state index contributed by atoms with van der Waals surface area (Å²) in [6.45, 7) is 2.81. The van der Waals surface area contributed by atoms with Crippen molar-refractivity contribution in [1.29, 1.82) is 0 Å². The van der Waals surface area contributed by atoms with E-state index in [2.05, 4.69) is 41.0 Å². The fourth-order valence-electron chi connectivity index (χ4n) is 3.23. The van der Waals surface area contributed by atoms with Crippen molar-refractivity contribution in [2.45, 2.75) is 13.3 Å². The molecule has 6 heteroatoms. The Morgan fingerprint density at radius 3 is 2.60 bits per heavy atom. The molecule has 0 unspecified atom stereocenters. The molecular weight excluding hydrogens is 378 g/mol. The van der Waals surface area contributed by atoms with E-state index < -0.39 is 0 Å². The van der Waals surface area contributed by atoms with Crippen molar-refractivity contribution >= 4 is 28.4 Å². The number of ether oxygens (including phenoxy) is 1. The van der Waals surface area contributed by atoms with Crippen LogP contribution >= 0.6 is 0 Å². The monoisotopic (exact) mass is 405 g/mol. The minimum Gasteiger partial charge on any atom is -0.492 e. The topological polar surface area (TPSA) is 70.7 Å². The van der Waals surface area contributed by atoms with Gasteiger partial charge in [0.2, 0.25) is 5.91 Å². The molecule has 3 amide bonds. The maximum Gasteiger partial charge on any atom is 0.317 e. The zero-order valence-electron chi connectivity index (χ0n) is 17.4. The summed E-state index contributed by atoms with van der Waals surface area (Å²) in [4.78, 5) is 25.1. The zero-order valence-corrected chi connectivity index (χ0v) is 17.4. The molecule has 30 heavy (non-hydrogen) atoms. The number of benzene rings is 3. The van der Waals surface area contributed by atoms with Crippen LogP contribution in [0.2, 0.25) is 0 Å². The molecular formula is C24H27N3O3. The quantitative estimate of drug-likeness (QED) is 0.555. The number of anilines is 1. The highest BCUT2D eigenvalue weighted by Gasteiger charge is 2.09. The Morgan fingerprint density at radius 1 is 1.00 bits per heavy atom. The van der Waals surface area contributed by atoms with Crippen molar-refractivity contribution < 1.29 is 14.3 Å². The van der Waals surface area contributed by atoms with Gasteiger partial charge in [0.1, 0.15) is 12.4 Å². The Balaban J connectivity index is 1.42. The lowest BCUT2D eigenvalue weighted by Gasteiger charge is -2.18. The van der Waals surface area contributed by atoms with E-state index in [9.17, 15) is 9.59 Å². The molecule has 0 radical (unpaired) electrons. The lowest BCUT2D eigenvalue weighted by Crippen LogP contribution is -2.40. The number of nitrogens with zero attached hydrogens (tertiary/aromatic N) is 1. The molecule has 0 atom stereocenters. The first-order valence-corrected chi connectivity index (χ1v) is 9.99. The third kappa shape index (κ3) is 5.98. The van der Waals surface area contributed by atoms with Gasteiger partial charge >= 0.3 is 6.03 Å². The second-order valence-electron chi connectivity index (χ2n) is 7.10. The molecule has 0 aliphatic carbocycles. The molecule has 0 aliphatic rings. The third-order valence-electron chi connectivity index (χ3n) is 4.74. The van der Waals surface area contributed by atoms with Gasteiger partial charge in [-0.2, -0.15) is 0 Å². The summed E-state index contributed by atoms with van der Waals surface area (Å²) in [5, 5.41) is 8.01. The highest BCUT2D eigenvalue weighted by atomic mass is 16.5. The zero-order chi connectivity index (χ0) is 21.3. The largest absolute Gasteiger partial charge is 0.492 e. The molecule has 0 aromatic heterocycles. The summed E-state index contributed by atoms with van der Waals surface area (Å²) < 4.78 is 5.65. The average Bonchev–Trinajstić information content (AvgIpc) is 2.74. The third-order valence-corrected chi connectivity index (χ3v) is 4.74. The Bertz CT molecular complexity index is 1010. The van der Waals surface area contributed by atoms with Crippen molar-refractivity contribution in [2.24, 2.45) is 0 Å². The van der Waals surface area contributed by atoms with Gasteiger partial charge in [0.05, 0.1) is 6.54 Å². The van der Waals surface area contributed by atoms with E-state index in [0.717, 1.165) is 6.42 Å². The fraction of sp³-hybridized carbons (Fsp3) is 0.250. The molecule has 0 bridgehead atoms. The number of nitrogens with one attached hydrogen (secondary N) is 2. The average molecular weight is 405 g/mol. The molecule has 3 aromatic rings. The number of hydrogen-bond acceptors (Lipinski definition) is 3. The first-order chi connectivity index (χ1) is 14.5. The Morgan fingerprint density at radius 2 is 1.77 bits per heavy atom. The van der Waals surface area contributed by atoms with Crippen molar-refractivity contribution in [3.63, 3.8) is 0 Å². The molecule has 2 N–H and O–H groups in total. The number of hydrogen-bond donors (Lipinski definition) is 2. The van der Waals surface area contributed by atoms with Crippen molar-refractivity contribution in [3.05, 3.63) is 72.3 Å². The van der Waals surface area contributed by atoms with Crippen molar-refractivity contribution in [2.75, 3.05) is 32.1 Å². The molecule has 3 aromatic carbocycles. The molecule has 6 nitrogen and oxygen atoms in total. The number of amides is 3. The van der Waals surface area contributed by atoms with Crippen molar-refractivity contribution in [1.82, 2.24) is 10.2 Å². The van der Waals surface area contributed by atoms with Gasteiger partial charge in [-0.3, -0.25) is 4.79 Å². The smallest absolute Gasteiger partial charge is 0.317 e. The van der Waals surface area contributed by atoms with Crippen LogP contribution in [-0.4, -0.2) is 43.6 Å². The van der Waals surface area contributed by atoms with E-state index in [1.54, 1.807) is 30.1 Å². The summed E-state index contributed by atoms with van der Waals surface area (Å²) in [5.41, 5.74) is 1.91. The summed E-state index contributed by atoms with van der Waals surface area (Å²) in [6, 6.07) is 21.6. The van der Waals surface area contributed by atoms with E-state index in [4.69, 9.17) is 4.74 Å². The van der Waals surface area contributed by atoms with Crippen molar-refractivity contribution in [3.8, 4) is 5.75 Å². The van der Waals surface area contributed by atoms with Crippen LogP contribution in [-0.2, 0) is 11.2 Å². The summed E-state index contributed by atoms with van der Waals surface area (Å²) in [6.07, 6.45) is 0.789. The van der Waals surface area contributed by atoms with Crippen LogP contribution in [0.5, 0.6) is 5.75 Å². The van der Waals surface area contributed by atoms with Gasteiger partial charge in [0.25, 0.3) is 0 Å². The minimum absolute atomic E-state index is 0.133. The predicted octanol–water partition coefficient (Wildman–Crippen LogP) is 4.06. The number of carbonyl (C=O) groups excluding carboxylic acids is 2. The Kier molecular flexibility index (Phi) is 7.27. The Hall–Kier alpha value is -3.54. The number of rotatable bonds is 8. The molecule has 156 valence electrons. The van der Waals surface area contributed by atoms with Gasteiger partial charge in [-0.05, 0) is 34.9 Å². The predicted molar refractivity (Wildman–Crippen MR) is 120 cm³/mol. The molecule has 0 fully saturated rings. The van der Waals surface area contributed by atoms with Gasteiger partial charge in [0, 0.05) is 32.3 Å². The molecule has 3 rings (SSSR count). The maximum atomic E-state index is 12.3. The first-order valence-electron chi connectivity index (χ1n) is 9.99. The van der Waals surface area contributed by atoms with Crippen LogP contribution in [0.3, 0.4) is 0 Å². The minimum atomic E-state index is -0.133. The van der Waals surface area contributed by atoms with E-state index in [-0.39, 0.29) is 11.9 Å². The SMILES string of the molecule is CC(=O)Nc1cccc(OCCNC(=O)N(C)CCc2cccc3ccccc23)c1. The van der Waals surface area contributed by atoms with Crippen LogP contribution in [0, 0.1) is 0 Å². The highest BCUT2D eigenvalue weighted by molar-refractivity contribution is 5.88. The fourth-order valence-corrected chi connectivity index (χ4v) is 3.23. The number of likely N-dealkylation sites (N-methyl/N-ethyl adjacent to an activating group) is 1. The summed E-state index contributed by atoms with van der Waals surface area (Å²) in [5.74, 6) is 0.505. The van der Waals surface area contributed by atoms with E-state index in [0.29, 0.717) is 31.1 Å². The standard InChI is InChI=1S/C24H27N3O3/c1-18(28)26-21-10-6-11-22(17-21)30-16-14-25-24(29)27(2)15-13-20-9-5-8-19-7-3-4-12-23(19)20/h3-12,17H,13-16H2,1-2H3,(H,25,29)(H,26,28). The molecule has 0 saturated heterocycles. The lowest BCUT2D eigenvalue weighted by atomic mass is 10.0. The Labute approximate surface area is 176 Å². The van der Waals surface area contributed by atoms with Crippen LogP contribution in [0.4, 0.5) is 10.5 Å². The lowest BCUT2D eigenvalue weighted by molar-refractivity contribution is -0.114. The van der Waals surface area contributed by atoms with E-state index in [1.165, 1.54) is 23.3 Å². The van der Waals surface area contributed by atoms with Gasteiger partial charge in [0.15, 0.2) is 0 Å². The normalized spacial score (nSPS) is 10.5. The second-order valence-corrected chi connectivity index (χ2v) is 7.10. The number of fused-ring (bicyclic) bond motifs is 1. The van der Waals surface area contributed by atoms with Gasteiger partial charge in [-0.1, -0.05) is 48.5 Å². The number of urea groups is 1. The van der Waals surface area contributed by atoms with E-state index >= 15 is 0 Å². The van der Waals surface area contributed by atoms with Gasteiger partial charge in [-0.15, -0.1) is 0 Å². The van der Waals surface area contributed by atoms with Gasteiger partial charge < -0.3 is 20.3 Å². The number of carbonyl (C=O) groups is 2. The second kappa shape index (κ2) is 10.3. The van der Waals surface area contributed by atoms with Gasteiger partial charge in [-0.25, -0.2) is 4.79 Å².